The van der Waals surface area contributed by atoms with Crippen molar-refractivity contribution in [1.29, 1.82) is 0 Å². The van der Waals surface area contributed by atoms with Gasteiger partial charge in [0.15, 0.2) is 0 Å². The zero-order valence-corrected chi connectivity index (χ0v) is 12.2. The topological polar surface area (TPSA) is 17.8 Å². The number of aromatic nitrogens is 2. The van der Waals surface area contributed by atoms with Crippen molar-refractivity contribution in [2.45, 2.75) is 25.6 Å². The fourth-order valence-electron chi connectivity index (χ4n) is 1.88. The average Bonchev–Trinajstić information content (AvgIpc) is 2.73. The lowest BCUT2D eigenvalue weighted by Gasteiger charge is -2.10. The molecule has 0 saturated carbocycles. The third kappa shape index (κ3) is 2.66. The molecule has 1 aromatic heterocycles. The molecule has 0 N–H and O–H groups in total. The van der Waals surface area contributed by atoms with Crippen molar-refractivity contribution >= 4 is 34.8 Å². The SMILES string of the molecule is CCCc1c(CCl)cnn1-c1ccc(Cl)cc1Cl. The van der Waals surface area contributed by atoms with Gasteiger partial charge in [-0.05, 0) is 24.6 Å². The fourth-order valence-corrected chi connectivity index (χ4v) is 2.59. The maximum absolute atomic E-state index is 6.21. The molecule has 0 unspecified atom stereocenters. The lowest BCUT2D eigenvalue weighted by atomic mass is 10.2. The van der Waals surface area contributed by atoms with Crippen molar-refractivity contribution in [3.63, 3.8) is 0 Å². The van der Waals surface area contributed by atoms with Crippen LogP contribution in [-0.4, -0.2) is 9.78 Å². The lowest BCUT2D eigenvalue weighted by Crippen LogP contribution is -2.04. The van der Waals surface area contributed by atoms with Crippen LogP contribution in [0.25, 0.3) is 5.69 Å². The highest BCUT2D eigenvalue weighted by Gasteiger charge is 2.13. The van der Waals surface area contributed by atoms with Crippen molar-refractivity contribution in [2.75, 3.05) is 0 Å². The molecule has 0 bridgehead atoms. The fraction of sp³-hybridized carbons (Fsp3) is 0.308. The Morgan fingerprint density at radius 2 is 2.06 bits per heavy atom. The zero-order valence-electron chi connectivity index (χ0n) is 9.96. The number of rotatable bonds is 4. The van der Waals surface area contributed by atoms with E-state index in [0.717, 1.165) is 29.8 Å². The largest absolute Gasteiger partial charge is 0.236 e. The molecular formula is C13H13Cl3N2. The summed E-state index contributed by atoms with van der Waals surface area (Å²) in [5.41, 5.74) is 2.99. The van der Waals surface area contributed by atoms with Crippen molar-refractivity contribution in [3.05, 3.63) is 45.7 Å². The number of alkyl halides is 1. The lowest BCUT2D eigenvalue weighted by molar-refractivity contribution is 0.771. The molecule has 0 saturated heterocycles. The molecule has 0 fully saturated rings. The molecule has 5 heteroatoms. The summed E-state index contributed by atoms with van der Waals surface area (Å²) >= 11 is 18.0. The summed E-state index contributed by atoms with van der Waals surface area (Å²) in [6, 6.07) is 5.39. The molecule has 1 heterocycles. The van der Waals surface area contributed by atoms with Gasteiger partial charge in [-0.2, -0.15) is 5.10 Å². The van der Waals surface area contributed by atoms with Gasteiger partial charge in [0.05, 0.1) is 22.8 Å². The van der Waals surface area contributed by atoms with Gasteiger partial charge >= 0.3 is 0 Å². The predicted octanol–water partition coefficient (Wildman–Crippen LogP) is 4.87. The summed E-state index contributed by atoms with van der Waals surface area (Å²) in [5.74, 6) is 0.459. The first-order valence-corrected chi connectivity index (χ1v) is 7.03. The van der Waals surface area contributed by atoms with Crippen LogP contribution in [0.4, 0.5) is 0 Å². The molecule has 0 amide bonds. The Balaban J connectivity index is 2.52. The Morgan fingerprint density at radius 3 is 2.67 bits per heavy atom. The second kappa shape index (κ2) is 5.96. The van der Waals surface area contributed by atoms with Crippen LogP contribution in [0.5, 0.6) is 0 Å². The van der Waals surface area contributed by atoms with Crippen LogP contribution in [0.3, 0.4) is 0 Å². The number of halogens is 3. The Morgan fingerprint density at radius 1 is 1.28 bits per heavy atom. The smallest absolute Gasteiger partial charge is 0.0836 e. The van der Waals surface area contributed by atoms with Gasteiger partial charge in [-0.25, -0.2) is 4.68 Å². The Labute approximate surface area is 121 Å². The minimum atomic E-state index is 0.459. The molecule has 1 aromatic carbocycles. The minimum Gasteiger partial charge on any atom is -0.236 e. The maximum atomic E-state index is 6.21. The van der Waals surface area contributed by atoms with Crippen LogP contribution in [-0.2, 0) is 12.3 Å². The molecule has 96 valence electrons. The van der Waals surface area contributed by atoms with Gasteiger partial charge in [0.1, 0.15) is 0 Å². The molecule has 18 heavy (non-hydrogen) atoms. The van der Waals surface area contributed by atoms with Gasteiger partial charge in [-0.3, -0.25) is 0 Å². The normalized spacial score (nSPS) is 10.9. The zero-order chi connectivity index (χ0) is 13.1. The first-order chi connectivity index (χ1) is 8.67. The standard InChI is InChI=1S/C13H13Cl3N2/c1-2-3-12-9(7-14)8-17-18(12)13-5-4-10(15)6-11(13)16/h4-6,8H,2-3,7H2,1H3. The van der Waals surface area contributed by atoms with Crippen LogP contribution in [0.2, 0.25) is 10.0 Å². The summed E-state index contributed by atoms with van der Waals surface area (Å²) in [5, 5.41) is 5.57. The number of hydrogen-bond donors (Lipinski definition) is 0. The van der Waals surface area contributed by atoms with Gasteiger partial charge < -0.3 is 0 Å². The highest BCUT2D eigenvalue weighted by Crippen LogP contribution is 2.26. The second-order valence-electron chi connectivity index (χ2n) is 4.01. The Kier molecular flexibility index (Phi) is 4.55. The average molecular weight is 304 g/mol. The van der Waals surface area contributed by atoms with Crippen molar-refractivity contribution in [2.24, 2.45) is 0 Å². The summed E-state index contributed by atoms with van der Waals surface area (Å²) in [4.78, 5) is 0. The van der Waals surface area contributed by atoms with E-state index in [-0.39, 0.29) is 0 Å². The van der Waals surface area contributed by atoms with Crippen LogP contribution < -0.4 is 0 Å². The monoisotopic (exact) mass is 302 g/mol. The van der Waals surface area contributed by atoms with Gasteiger partial charge in [0.25, 0.3) is 0 Å². The number of benzene rings is 1. The Bertz CT molecular complexity index is 549. The first kappa shape index (κ1) is 13.7. The van der Waals surface area contributed by atoms with Gasteiger partial charge in [0, 0.05) is 16.3 Å². The second-order valence-corrected chi connectivity index (χ2v) is 5.12. The molecule has 2 nitrogen and oxygen atoms in total. The van der Waals surface area contributed by atoms with E-state index in [1.165, 1.54) is 0 Å². The highest BCUT2D eigenvalue weighted by molar-refractivity contribution is 6.35. The van der Waals surface area contributed by atoms with Crippen LogP contribution in [0.1, 0.15) is 24.6 Å². The van der Waals surface area contributed by atoms with E-state index in [1.54, 1.807) is 18.3 Å². The molecule has 2 rings (SSSR count). The van der Waals surface area contributed by atoms with Crippen molar-refractivity contribution < 1.29 is 0 Å². The number of nitrogens with zero attached hydrogens (tertiary/aromatic N) is 2. The summed E-state index contributed by atoms with van der Waals surface area (Å²) in [6.45, 7) is 2.12. The molecule has 0 spiro atoms. The van der Waals surface area contributed by atoms with Gasteiger partial charge in [0.2, 0.25) is 0 Å². The van der Waals surface area contributed by atoms with Gasteiger partial charge in [-0.1, -0.05) is 36.5 Å². The molecule has 0 atom stereocenters. The summed E-state index contributed by atoms with van der Waals surface area (Å²) < 4.78 is 1.85. The van der Waals surface area contributed by atoms with E-state index < -0.39 is 0 Å². The molecule has 0 radical (unpaired) electrons. The van der Waals surface area contributed by atoms with E-state index in [1.807, 2.05) is 10.7 Å². The van der Waals surface area contributed by atoms with Crippen molar-refractivity contribution in [3.8, 4) is 5.69 Å². The molecular weight excluding hydrogens is 291 g/mol. The highest BCUT2D eigenvalue weighted by atomic mass is 35.5. The van der Waals surface area contributed by atoms with Crippen LogP contribution in [0.15, 0.2) is 24.4 Å². The Hall–Kier alpha value is -0.700. The van der Waals surface area contributed by atoms with E-state index in [4.69, 9.17) is 34.8 Å². The molecule has 0 aliphatic carbocycles. The molecule has 0 aliphatic rings. The quantitative estimate of drug-likeness (QED) is 0.737. The summed E-state index contributed by atoms with van der Waals surface area (Å²) in [6.07, 6.45) is 3.74. The molecule has 2 aromatic rings. The van der Waals surface area contributed by atoms with E-state index in [0.29, 0.717) is 15.9 Å². The third-order valence-electron chi connectivity index (χ3n) is 2.72. The van der Waals surface area contributed by atoms with E-state index in [9.17, 15) is 0 Å². The van der Waals surface area contributed by atoms with Crippen LogP contribution in [0, 0.1) is 0 Å². The maximum Gasteiger partial charge on any atom is 0.0836 e. The number of hydrogen-bond acceptors (Lipinski definition) is 1. The van der Waals surface area contributed by atoms with Crippen LogP contribution >= 0.6 is 34.8 Å². The van der Waals surface area contributed by atoms with Crippen molar-refractivity contribution in [1.82, 2.24) is 9.78 Å². The van der Waals surface area contributed by atoms with Gasteiger partial charge in [-0.15, -0.1) is 11.6 Å². The predicted molar refractivity (Wildman–Crippen MR) is 77.1 cm³/mol. The summed E-state index contributed by atoms with van der Waals surface area (Å²) in [7, 11) is 0. The first-order valence-electron chi connectivity index (χ1n) is 5.74. The molecule has 0 aliphatic heterocycles. The van der Waals surface area contributed by atoms with E-state index in [2.05, 4.69) is 12.0 Å². The third-order valence-corrected chi connectivity index (χ3v) is 3.55. The minimum absolute atomic E-state index is 0.459. The van der Waals surface area contributed by atoms with E-state index >= 15 is 0 Å².